The Kier molecular flexibility index (Phi) is 37.4. The van der Waals surface area contributed by atoms with Crippen molar-refractivity contribution < 1.29 is 124 Å². The van der Waals surface area contributed by atoms with E-state index in [-0.39, 0.29) is 45.6 Å². The van der Waals surface area contributed by atoms with Crippen LogP contribution < -0.4 is 53.8 Å². The Morgan fingerprint density at radius 1 is 0.365 bits per heavy atom. The standard InChI is InChI=1S/C27H25N5O7.C25H25N3O7.C25H24N2O8.C22H22O7.C5H6N2O3/c1-2-20-21(38-25(34)17-9-5-3-6-10-17)22(39-26(35)18-11-7-4-8-12-18)24(37-20)31-13-19(14-33)23(30-27(31)36)32-16-28-15-29-32;1-3-17-19(34-23(29)15-10-6-4-7-11-15)20(35-24(30)16-12-8-5-9-13-16)22(33-17)28-14-18(32-2)21(26)27-25(28)31;1-3-17-19(34-23(29)15-10-6-4-7-11-15)20(35-24(30)16-12-8-5-9-13-16)22(33-17)27-14-18(32-2)21(28)26-25(27)31;1-3-17-18(28-20(24)15-10-6-4-7-11-15)19(22(27-17)26-14(2)23)29-21(25)16-12-8-5-9-13-16;1-10-3-2-6-5(9)7-4(3)8/h3-13,15-16,20-22,24,33H,2,14H2,1H3;4-14,17,19-20,22H,3H2,1-2H3,(H2,26,27,31);4-14,17,19-20,22H,3H2,1-2H3,(H,26,28,31);4-13,17-19,22H,3H2,1-2H3;2H,1H3,(H2,6,7,8,9)/t20-,21+,22?,24-;2*17-,19+,20?,22-;17-,18+,19?,22-;/m1111./s1. The maximum atomic E-state index is 13.2. The van der Waals surface area contributed by atoms with Crippen molar-refractivity contribution in [3.63, 3.8) is 0 Å². The molecule has 44 nitrogen and oxygen atoms in total. The second kappa shape index (κ2) is 51.5. The highest BCUT2D eigenvalue weighted by molar-refractivity contribution is 5.94. The molecule has 44 heteroatoms. The minimum atomic E-state index is -1.21. The van der Waals surface area contributed by atoms with Crippen LogP contribution in [0.2, 0.25) is 0 Å². The van der Waals surface area contributed by atoms with Crippen molar-refractivity contribution in [3.8, 4) is 23.1 Å². The molecular weight excluding hydrogens is 1930 g/mol. The summed E-state index contributed by atoms with van der Waals surface area (Å²) in [7, 11) is 4.01. The first-order chi connectivity index (χ1) is 71.6. The topological polar surface area (TPSA) is 569 Å². The third-order valence-electron chi connectivity index (χ3n) is 23.0. The molecule has 0 saturated carbocycles. The maximum absolute atomic E-state index is 13.2. The van der Waals surface area contributed by atoms with E-state index in [1.54, 1.807) is 243 Å². The molecule has 6 N–H and O–H groups in total. The smallest absolute Gasteiger partial charge is 0.352 e. The van der Waals surface area contributed by atoms with Gasteiger partial charge in [0, 0.05) is 18.7 Å². The number of anilines is 1. The highest BCUT2D eigenvalue weighted by atomic mass is 16.8. The number of aromatic nitrogens is 11. The highest BCUT2D eigenvalue weighted by Crippen LogP contribution is 2.41. The lowest BCUT2D eigenvalue weighted by molar-refractivity contribution is -0.186. The second-order valence-corrected chi connectivity index (χ2v) is 32.5. The van der Waals surface area contributed by atoms with Gasteiger partial charge in [-0.25, -0.2) is 67.2 Å². The summed E-state index contributed by atoms with van der Waals surface area (Å²) >= 11 is 0. The van der Waals surface area contributed by atoms with E-state index in [0.29, 0.717) is 59.1 Å². The summed E-state index contributed by atoms with van der Waals surface area (Å²) in [5.74, 6) is -5.63. The van der Waals surface area contributed by atoms with E-state index in [2.05, 4.69) is 34.8 Å². The summed E-state index contributed by atoms with van der Waals surface area (Å²) in [6.07, 6.45) is -6.73. The van der Waals surface area contributed by atoms with Crippen molar-refractivity contribution in [2.45, 2.75) is 165 Å². The summed E-state index contributed by atoms with van der Waals surface area (Å²) in [5.41, 5.74) is 4.38. The fraction of sp³-hybridized carbons (Fsp3) is 0.279. The van der Waals surface area contributed by atoms with Crippen molar-refractivity contribution in [2.24, 2.45) is 0 Å². The lowest BCUT2D eigenvalue weighted by Gasteiger charge is -2.25. The van der Waals surface area contributed by atoms with Crippen LogP contribution in [0.4, 0.5) is 5.82 Å². The van der Waals surface area contributed by atoms with Crippen LogP contribution in [-0.2, 0) is 73.0 Å². The average molecular weight is 2030 g/mol. The first-order valence-electron chi connectivity index (χ1n) is 46.2. The zero-order valence-corrected chi connectivity index (χ0v) is 80.6. The fourth-order valence-electron chi connectivity index (χ4n) is 15.7. The molecular formula is C104H102N12O32. The SMILES string of the molecule is CC[C@H]1O[C@@H](OC(C)=O)C(OC(=O)c2ccccc2)[C@H]1OC(=O)c1ccccc1.CC[C@H]1O[C@@H](n2cc(CO)c(-n3cncn3)nc2=O)C(OC(=O)c2ccccc2)[C@H]1OC(=O)c1ccccc1.CC[C@H]1O[C@@H](n2cc(OC)c(=O)[nH]c2=O)C(OC(=O)c2ccccc2)[C@H]1OC(=O)c1ccccc1.CC[C@H]1O[C@@H](n2cc(OC)c(N)nc2=O)C(OC(=O)c2ccccc2)[C@H]1OC(=O)c1ccccc1.COc1c[nH]c(=O)[nH]c1=O. The van der Waals surface area contributed by atoms with Gasteiger partial charge in [0.1, 0.15) is 37.1 Å². The van der Waals surface area contributed by atoms with Gasteiger partial charge in [-0.1, -0.05) is 173 Å². The molecule has 0 amide bonds. The monoisotopic (exact) mass is 2030 g/mol. The van der Waals surface area contributed by atoms with Crippen molar-refractivity contribution in [1.82, 2.24) is 53.4 Å². The van der Waals surface area contributed by atoms with Crippen molar-refractivity contribution >= 4 is 59.5 Å². The van der Waals surface area contributed by atoms with E-state index in [1.807, 2.05) is 32.7 Å². The van der Waals surface area contributed by atoms with Gasteiger partial charge in [-0.3, -0.25) is 38.1 Å². The van der Waals surface area contributed by atoms with Crippen molar-refractivity contribution in [3.05, 3.63) is 393 Å². The number of carbonyl (C=O) groups excluding carboxylic acids is 9. The number of hydrogen-bond acceptors (Lipinski definition) is 37. The Bertz CT molecular complexity index is 7100. The molecule has 148 heavy (non-hydrogen) atoms. The fourth-order valence-corrected chi connectivity index (χ4v) is 15.7. The number of aliphatic hydroxyl groups is 1. The molecule has 4 unspecified atom stereocenters. The van der Waals surface area contributed by atoms with Crippen LogP contribution >= 0.6 is 0 Å². The largest absolute Gasteiger partial charge is 0.491 e. The predicted octanol–water partition coefficient (Wildman–Crippen LogP) is 9.18. The molecule has 5 aromatic heterocycles. The van der Waals surface area contributed by atoms with Crippen LogP contribution in [0.15, 0.2) is 309 Å². The van der Waals surface area contributed by atoms with E-state index in [9.17, 15) is 77.0 Å². The Balaban J connectivity index is 0.000000160. The summed E-state index contributed by atoms with van der Waals surface area (Å²) in [5, 5.41) is 14.0. The predicted molar refractivity (Wildman–Crippen MR) is 519 cm³/mol. The molecule has 0 bridgehead atoms. The highest BCUT2D eigenvalue weighted by Gasteiger charge is 2.55. The van der Waals surface area contributed by atoms with Crippen LogP contribution in [0.5, 0.6) is 17.2 Å². The number of esters is 9. The van der Waals surface area contributed by atoms with Crippen molar-refractivity contribution in [2.75, 3.05) is 27.1 Å². The molecule has 4 saturated heterocycles. The maximum Gasteiger partial charge on any atom is 0.352 e. The quantitative estimate of drug-likeness (QED) is 0.0215. The van der Waals surface area contributed by atoms with Crippen LogP contribution in [0.25, 0.3) is 5.82 Å². The summed E-state index contributed by atoms with van der Waals surface area (Å²) in [6, 6.07) is 66.9. The minimum Gasteiger partial charge on any atom is -0.491 e. The molecule has 16 atom stereocenters. The number of aromatic amines is 3. The van der Waals surface area contributed by atoms with Gasteiger partial charge in [-0.2, -0.15) is 15.1 Å². The van der Waals surface area contributed by atoms with Gasteiger partial charge in [-0.15, -0.1) is 0 Å². The number of nitrogens with two attached hydrogens (primary N) is 1. The molecule has 9 heterocycles. The first kappa shape index (κ1) is 108. The number of nitrogens with one attached hydrogen (secondary N) is 3. The number of rotatable bonds is 29. The van der Waals surface area contributed by atoms with Gasteiger partial charge >= 0.3 is 76.5 Å². The number of nitrogens with zero attached hydrogens (tertiary/aromatic N) is 8. The molecule has 0 radical (unpaired) electrons. The number of H-pyrrole nitrogens is 3. The number of methoxy groups -OCH3 is 3. The van der Waals surface area contributed by atoms with Crippen LogP contribution in [0, 0.1) is 0 Å². The summed E-state index contributed by atoms with van der Waals surface area (Å²) in [4.78, 5) is 204. The molecule has 4 fully saturated rings. The second-order valence-electron chi connectivity index (χ2n) is 32.5. The summed E-state index contributed by atoms with van der Waals surface area (Å²) in [6.45, 7) is 8.04. The average Bonchev–Trinajstić information content (AvgIpc) is 1.53. The normalized spacial score (nSPS) is 20.7. The lowest BCUT2D eigenvalue weighted by atomic mass is 10.1. The van der Waals surface area contributed by atoms with E-state index < -0.39 is 192 Å². The van der Waals surface area contributed by atoms with Gasteiger partial charge < -0.3 is 91.6 Å². The number of nitrogen functional groups attached to an aromatic ring is 1. The molecule has 17 rings (SSSR count). The third kappa shape index (κ3) is 26.8. The number of benzene rings is 8. The number of hydrogen-bond donors (Lipinski definition) is 5. The molecule has 4 aliphatic rings. The van der Waals surface area contributed by atoms with Gasteiger partial charge in [-0.05, 0) is 123 Å². The van der Waals surface area contributed by atoms with E-state index in [0.717, 1.165) is 13.7 Å². The Morgan fingerprint density at radius 3 is 0.973 bits per heavy atom. The van der Waals surface area contributed by atoms with Crippen LogP contribution in [0.3, 0.4) is 0 Å². The minimum absolute atomic E-state index is 0.0891. The van der Waals surface area contributed by atoms with E-state index in [1.165, 1.54) is 70.4 Å². The Hall–Kier alpha value is -17.8. The number of ether oxygens (including phenoxy) is 16. The first-order valence-corrected chi connectivity index (χ1v) is 46.2. The van der Waals surface area contributed by atoms with E-state index in [4.69, 9.17) is 76.8 Å². The van der Waals surface area contributed by atoms with Gasteiger partial charge in [0.15, 0.2) is 78.8 Å². The number of carbonyl (C=O) groups is 9. The molecule has 0 aliphatic carbocycles. The van der Waals surface area contributed by atoms with Crippen LogP contribution in [-0.4, -0.2) is 213 Å². The Labute approximate surface area is 841 Å². The zero-order chi connectivity index (χ0) is 106. The van der Waals surface area contributed by atoms with Gasteiger partial charge in [0.2, 0.25) is 23.9 Å². The van der Waals surface area contributed by atoms with Gasteiger partial charge in [0.05, 0.1) is 91.0 Å². The Morgan fingerprint density at radius 2 is 0.662 bits per heavy atom. The lowest BCUT2D eigenvalue weighted by Crippen LogP contribution is -2.42. The van der Waals surface area contributed by atoms with Gasteiger partial charge in [0.25, 0.3) is 11.1 Å². The molecule has 0 spiro atoms. The third-order valence-corrected chi connectivity index (χ3v) is 23.0. The zero-order valence-electron chi connectivity index (χ0n) is 80.6. The van der Waals surface area contributed by atoms with Crippen molar-refractivity contribution in [1.29, 1.82) is 0 Å². The molecule has 770 valence electrons. The molecule has 4 aliphatic heterocycles. The summed E-state index contributed by atoms with van der Waals surface area (Å²) < 4.78 is 94.6. The molecule has 8 aromatic carbocycles. The number of aliphatic hydroxyl groups excluding tert-OH is 1. The van der Waals surface area contributed by atoms with E-state index >= 15 is 0 Å². The molecule has 13 aromatic rings. The van der Waals surface area contributed by atoms with Crippen LogP contribution in [0.1, 0.15) is 167 Å².